The number of fused-ring (bicyclic) bond motifs is 1. The number of hydrogen-bond donors (Lipinski definition) is 2. The zero-order valence-electron chi connectivity index (χ0n) is 19.0. The number of amides is 1. The monoisotopic (exact) mass is 457 g/mol. The molecular formula is C27H27N3O2S. The molecule has 6 heteroatoms. The zero-order valence-corrected chi connectivity index (χ0v) is 19.8. The molecule has 0 unspecified atom stereocenters. The highest BCUT2D eigenvalue weighted by atomic mass is 32.1. The standard InChI is InChI=1S/C27H27N3O2S/c1-4-18-5-9-20(10-6-18)26(31)30-27(33)28-22-12-7-19(8-13-22)15-25-29-23-16-21(17(2)3)11-14-24(23)32-25/h5-14,16-17H,4,15H2,1-3H3,(H2,28,30,31,33). The van der Waals surface area contributed by atoms with E-state index in [4.69, 9.17) is 16.6 Å². The first-order valence-electron chi connectivity index (χ1n) is 11.1. The molecule has 0 aliphatic rings. The predicted molar refractivity (Wildman–Crippen MR) is 137 cm³/mol. The van der Waals surface area contributed by atoms with Gasteiger partial charge in [-0.15, -0.1) is 0 Å². The summed E-state index contributed by atoms with van der Waals surface area (Å²) in [6, 6.07) is 21.5. The molecule has 2 N–H and O–H groups in total. The van der Waals surface area contributed by atoms with Crippen LogP contribution < -0.4 is 10.6 Å². The molecule has 4 aromatic rings. The van der Waals surface area contributed by atoms with Gasteiger partial charge in [0.2, 0.25) is 0 Å². The number of aromatic nitrogens is 1. The minimum Gasteiger partial charge on any atom is -0.440 e. The van der Waals surface area contributed by atoms with Crippen molar-refractivity contribution >= 4 is 40.0 Å². The Bertz CT molecular complexity index is 1280. The highest BCUT2D eigenvalue weighted by molar-refractivity contribution is 7.80. The third kappa shape index (κ3) is 5.65. The van der Waals surface area contributed by atoms with Gasteiger partial charge in [0.1, 0.15) is 5.52 Å². The van der Waals surface area contributed by atoms with E-state index in [0.29, 0.717) is 23.8 Å². The van der Waals surface area contributed by atoms with Gasteiger partial charge in [-0.25, -0.2) is 4.98 Å². The number of nitrogens with zero attached hydrogens (tertiary/aromatic N) is 1. The van der Waals surface area contributed by atoms with Gasteiger partial charge >= 0.3 is 0 Å². The van der Waals surface area contributed by atoms with E-state index < -0.39 is 0 Å². The number of benzene rings is 3. The summed E-state index contributed by atoms with van der Waals surface area (Å²) in [5.74, 6) is 0.902. The summed E-state index contributed by atoms with van der Waals surface area (Å²) < 4.78 is 5.91. The number of oxazole rings is 1. The van der Waals surface area contributed by atoms with E-state index in [1.165, 1.54) is 11.1 Å². The van der Waals surface area contributed by atoms with E-state index in [2.05, 4.69) is 48.5 Å². The number of rotatable bonds is 6. The van der Waals surface area contributed by atoms with Crippen molar-refractivity contribution in [1.82, 2.24) is 10.3 Å². The first-order valence-corrected chi connectivity index (χ1v) is 11.5. The molecule has 1 amide bonds. The van der Waals surface area contributed by atoms with Crippen molar-refractivity contribution in [2.45, 2.75) is 39.5 Å². The van der Waals surface area contributed by atoms with E-state index in [1.54, 1.807) is 12.1 Å². The van der Waals surface area contributed by atoms with E-state index >= 15 is 0 Å². The Morgan fingerprint density at radius 2 is 1.70 bits per heavy atom. The second kappa shape index (κ2) is 9.96. The van der Waals surface area contributed by atoms with Crippen molar-refractivity contribution in [2.24, 2.45) is 0 Å². The molecule has 0 radical (unpaired) electrons. The quantitative estimate of drug-likeness (QED) is 0.336. The highest BCUT2D eigenvalue weighted by Crippen LogP contribution is 2.23. The maximum atomic E-state index is 12.4. The summed E-state index contributed by atoms with van der Waals surface area (Å²) in [4.78, 5) is 17.0. The third-order valence-corrected chi connectivity index (χ3v) is 5.75. The van der Waals surface area contributed by atoms with Gasteiger partial charge in [0.15, 0.2) is 16.6 Å². The van der Waals surface area contributed by atoms with Gasteiger partial charge in [0.25, 0.3) is 5.91 Å². The maximum Gasteiger partial charge on any atom is 0.257 e. The van der Waals surface area contributed by atoms with Gasteiger partial charge in [0, 0.05) is 17.7 Å². The largest absolute Gasteiger partial charge is 0.440 e. The molecule has 0 spiro atoms. The van der Waals surface area contributed by atoms with Crippen LogP contribution in [0.2, 0.25) is 0 Å². The van der Waals surface area contributed by atoms with Crippen molar-refractivity contribution in [1.29, 1.82) is 0 Å². The van der Waals surface area contributed by atoms with Crippen LogP contribution in [0.3, 0.4) is 0 Å². The average Bonchev–Trinajstić information content (AvgIpc) is 3.21. The summed E-state index contributed by atoms with van der Waals surface area (Å²) in [5, 5.41) is 6.03. The lowest BCUT2D eigenvalue weighted by Crippen LogP contribution is -2.34. The third-order valence-electron chi connectivity index (χ3n) is 5.54. The van der Waals surface area contributed by atoms with Crippen LogP contribution in [0.1, 0.15) is 59.6 Å². The molecule has 0 atom stereocenters. The SMILES string of the molecule is CCc1ccc(C(=O)NC(=S)Nc2ccc(Cc3nc4cc(C(C)C)ccc4o3)cc2)cc1. The average molecular weight is 458 g/mol. The molecule has 3 aromatic carbocycles. The normalized spacial score (nSPS) is 11.0. The molecule has 0 aliphatic carbocycles. The van der Waals surface area contributed by atoms with Gasteiger partial charge in [-0.2, -0.15) is 0 Å². The topological polar surface area (TPSA) is 67.2 Å². The summed E-state index contributed by atoms with van der Waals surface area (Å²) in [5.41, 5.74) is 6.57. The molecule has 4 rings (SSSR count). The molecule has 0 saturated carbocycles. The molecular weight excluding hydrogens is 430 g/mol. The molecule has 1 aromatic heterocycles. The van der Waals surface area contributed by atoms with Crippen LogP contribution in [0.15, 0.2) is 71.1 Å². The molecule has 0 fully saturated rings. The highest BCUT2D eigenvalue weighted by Gasteiger charge is 2.10. The van der Waals surface area contributed by atoms with Crippen LogP contribution in [0, 0.1) is 0 Å². The lowest BCUT2D eigenvalue weighted by Gasteiger charge is -2.10. The van der Waals surface area contributed by atoms with Crippen LogP contribution in [-0.4, -0.2) is 16.0 Å². The van der Waals surface area contributed by atoms with Crippen LogP contribution >= 0.6 is 12.2 Å². The molecule has 5 nitrogen and oxygen atoms in total. The lowest BCUT2D eigenvalue weighted by molar-refractivity contribution is 0.0977. The van der Waals surface area contributed by atoms with E-state index in [9.17, 15) is 4.79 Å². The molecule has 1 heterocycles. The van der Waals surface area contributed by atoms with Crippen molar-refractivity contribution in [2.75, 3.05) is 5.32 Å². The summed E-state index contributed by atoms with van der Waals surface area (Å²) in [7, 11) is 0. The second-order valence-electron chi connectivity index (χ2n) is 8.32. The molecule has 0 saturated heterocycles. The second-order valence-corrected chi connectivity index (χ2v) is 8.73. The minimum atomic E-state index is -0.233. The maximum absolute atomic E-state index is 12.4. The van der Waals surface area contributed by atoms with Gasteiger partial charge < -0.3 is 9.73 Å². The number of aryl methyl sites for hydroxylation is 1. The van der Waals surface area contributed by atoms with E-state index in [1.807, 2.05) is 42.5 Å². The fraction of sp³-hybridized carbons (Fsp3) is 0.222. The molecule has 33 heavy (non-hydrogen) atoms. The fourth-order valence-electron chi connectivity index (χ4n) is 3.54. The Labute approximate surface area is 199 Å². The number of nitrogens with one attached hydrogen (secondary N) is 2. The van der Waals surface area contributed by atoms with Crippen LogP contribution in [-0.2, 0) is 12.8 Å². The Morgan fingerprint density at radius 1 is 1.00 bits per heavy atom. The van der Waals surface area contributed by atoms with Crippen molar-refractivity contribution in [3.63, 3.8) is 0 Å². The molecule has 0 bridgehead atoms. The Morgan fingerprint density at radius 3 is 2.36 bits per heavy atom. The van der Waals surface area contributed by atoms with Crippen LogP contribution in [0.4, 0.5) is 5.69 Å². The van der Waals surface area contributed by atoms with Crippen molar-refractivity contribution in [3.05, 3.63) is 94.9 Å². The summed E-state index contributed by atoms with van der Waals surface area (Å²) >= 11 is 5.30. The van der Waals surface area contributed by atoms with Gasteiger partial charge in [-0.3, -0.25) is 10.1 Å². The number of hydrogen-bond acceptors (Lipinski definition) is 4. The fourth-order valence-corrected chi connectivity index (χ4v) is 3.75. The Balaban J connectivity index is 1.35. The first kappa shape index (κ1) is 22.7. The Kier molecular flexibility index (Phi) is 6.84. The smallest absolute Gasteiger partial charge is 0.257 e. The van der Waals surface area contributed by atoms with E-state index in [-0.39, 0.29) is 11.0 Å². The molecule has 0 aliphatic heterocycles. The number of carbonyl (C=O) groups is 1. The number of thiocarbonyl (C=S) groups is 1. The van der Waals surface area contributed by atoms with E-state index in [0.717, 1.165) is 28.8 Å². The molecule has 168 valence electrons. The van der Waals surface area contributed by atoms with Gasteiger partial charge in [-0.05, 0) is 77.6 Å². The zero-order chi connectivity index (χ0) is 23.4. The van der Waals surface area contributed by atoms with Gasteiger partial charge in [0.05, 0.1) is 0 Å². The van der Waals surface area contributed by atoms with Crippen molar-refractivity contribution in [3.8, 4) is 0 Å². The van der Waals surface area contributed by atoms with Crippen LogP contribution in [0.25, 0.3) is 11.1 Å². The van der Waals surface area contributed by atoms with Crippen molar-refractivity contribution < 1.29 is 9.21 Å². The number of carbonyl (C=O) groups excluding carboxylic acids is 1. The van der Waals surface area contributed by atoms with Gasteiger partial charge in [-0.1, -0.05) is 51.1 Å². The summed E-state index contributed by atoms with van der Waals surface area (Å²) in [6.07, 6.45) is 1.53. The van der Waals surface area contributed by atoms with Crippen LogP contribution in [0.5, 0.6) is 0 Å². The minimum absolute atomic E-state index is 0.233. The number of anilines is 1. The lowest BCUT2D eigenvalue weighted by atomic mass is 10.0. The summed E-state index contributed by atoms with van der Waals surface area (Å²) in [6.45, 7) is 6.41. The first-order chi connectivity index (χ1) is 15.9. The Hall–Kier alpha value is -3.51. The predicted octanol–water partition coefficient (Wildman–Crippen LogP) is 6.23.